The third-order valence-electron chi connectivity index (χ3n) is 3.35. The first-order valence-corrected chi connectivity index (χ1v) is 6.37. The summed E-state index contributed by atoms with van der Waals surface area (Å²) in [5.74, 6) is 0.953. The Morgan fingerprint density at radius 2 is 1.79 bits per heavy atom. The molecule has 0 aliphatic carbocycles. The number of para-hydroxylation sites is 1. The van der Waals surface area contributed by atoms with Crippen LogP contribution < -0.4 is 4.90 Å². The molecule has 0 atom stereocenters. The Morgan fingerprint density at radius 3 is 2.58 bits per heavy atom. The standard InChI is InChI=1S/C17H16N2/c1-12-7-6-8-15(11-12)19-13(2)16-9-4-5-10-17(16)18-14(19)3/h4-11H,2H2,1,3H3. The minimum atomic E-state index is 0.953. The van der Waals surface area contributed by atoms with Crippen LogP contribution in [-0.4, -0.2) is 5.84 Å². The third kappa shape index (κ3) is 1.95. The van der Waals surface area contributed by atoms with Crippen LogP contribution in [0.15, 0.2) is 60.1 Å². The van der Waals surface area contributed by atoms with Crippen LogP contribution in [0.3, 0.4) is 0 Å². The highest BCUT2D eigenvalue weighted by Crippen LogP contribution is 2.36. The van der Waals surface area contributed by atoms with Gasteiger partial charge in [0, 0.05) is 16.9 Å². The maximum Gasteiger partial charge on any atom is 0.111 e. The number of nitrogens with zero attached hydrogens (tertiary/aromatic N) is 2. The summed E-state index contributed by atoms with van der Waals surface area (Å²) in [5, 5.41) is 0. The lowest BCUT2D eigenvalue weighted by molar-refractivity contribution is 1.26. The zero-order chi connectivity index (χ0) is 13.4. The quantitative estimate of drug-likeness (QED) is 0.723. The number of benzene rings is 2. The fraction of sp³-hybridized carbons (Fsp3) is 0.118. The Labute approximate surface area is 113 Å². The fourth-order valence-corrected chi connectivity index (χ4v) is 2.46. The number of aryl methyl sites for hydroxylation is 1. The van der Waals surface area contributed by atoms with E-state index in [0.29, 0.717) is 0 Å². The number of hydrogen-bond donors (Lipinski definition) is 0. The minimum Gasteiger partial charge on any atom is -0.299 e. The molecule has 0 unspecified atom stereocenters. The van der Waals surface area contributed by atoms with E-state index in [1.807, 2.05) is 25.1 Å². The van der Waals surface area contributed by atoms with Gasteiger partial charge in [-0.25, -0.2) is 4.99 Å². The number of aliphatic imine (C=N–C) groups is 1. The van der Waals surface area contributed by atoms with Gasteiger partial charge in [-0.15, -0.1) is 0 Å². The molecule has 1 heterocycles. The molecule has 94 valence electrons. The Kier molecular flexibility index (Phi) is 2.71. The number of amidine groups is 1. The Bertz CT molecular complexity index is 683. The van der Waals surface area contributed by atoms with Gasteiger partial charge in [0.2, 0.25) is 0 Å². The van der Waals surface area contributed by atoms with E-state index in [2.05, 4.69) is 53.7 Å². The first kappa shape index (κ1) is 11.7. The molecule has 0 fully saturated rings. The van der Waals surface area contributed by atoms with E-state index in [1.165, 1.54) is 5.56 Å². The molecule has 2 heteroatoms. The average molecular weight is 248 g/mol. The van der Waals surface area contributed by atoms with Crippen LogP contribution in [0, 0.1) is 6.92 Å². The third-order valence-corrected chi connectivity index (χ3v) is 3.35. The summed E-state index contributed by atoms with van der Waals surface area (Å²) in [6.45, 7) is 8.35. The molecule has 1 aliphatic rings. The van der Waals surface area contributed by atoms with Gasteiger partial charge in [-0.05, 0) is 37.6 Å². The van der Waals surface area contributed by atoms with Crippen molar-refractivity contribution in [1.29, 1.82) is 0 Å². The second-order valence-electron chi connectivity index (χ2n) is 4.80. The first-order chi connectivity index (χ1) is 9.16. The van der Waals surface area contributed by atoms with Crippen molar-refractivity contribution in [2.75, 3.05) is 4.90 Å². The maximum atomic E-state index is 4.67. The monoisotopic (exact) mass is 248 g/mol. The van der Waals surface area contributed by atoms with Crippen molar-refractivity contribution in [3.05, 3.63) is 66.2 Å². The van der Waals surface area contributed by atoms with Gasteiger partial charge in [0.05, 0.1) is 5.69 Å². The van der Waals surface area contributed by atoms with E-state index in [9.17, 15) is 0 Å². The summed E-state index contributed by atoms with van der Waals surface area (Å²) in [6.07, 6.45) is 0. The molecule has 0 aromatic heterocycles. The number of anilines is 1. The average Bonchev–Trinajstić information content (AvgIpc) is 2.39. The SMILES string of the molecule is C=C1c2ccccc2N=C(C)N1c1cccc(C)c1. The highest BCUT2D eigenvalue weighted by atomic mass is 15.2. The minimum absolute atomic E-state index is 0.953. The van der Waals surface area contributed by atoms with Crippen LogP contribution >= 0.6 is 0 Å². The zero-order valence-electron chi connectivity index (χ0n) is 11.2. The van der Waals surface area contributed by atoms with Gasteiger partial charge in [0.15, 0.2) is 0 Å². The fourth-order valence-electron chi connectivity index (χ4n) is 2.46. The Hall–Kier alpha value is -2.35. The highest BCUT2D eigenvalue weighted by Gasteiger charge is 2.21. The van der Waals surface area contributed by atoms with E-state index in [1.54, 1.807) is 0 Å². The zero-order valence-corrected chi connectivity index (χ0v) is 11.2. The molecule has 2 nitrogen and oxygen atoms in total. The number of fused-ring (bicyclic) bond motifs is 1. The second-order valence-corrected chi connectivity index (χ2v) is 4.80. The summed E-state index contributed by atoms with van der Waals surface area (Å²) in [5.41, 5.74) is 5.41. The predicted octanol–water partition coefficient (Wildman–Crippen LogP) is 4.54. The van der Waals surface area contributed by atoms with Crippen LogP contribution in [0.2, 0.25) is 0 Å². The van der Waals surface area contributed by atoms with E-state index in [4.69, 9.17) is 0 Å². The van der Waals surface area contributed by atoms with Gasteiger partial charge in [0.25, 0.3) is 0 Å². The molecule has 19 heavy (non-hydrogen) atoms. The summed E-state index contributed by atoms with van der Waals surface area (Å²) < 4.78 is 0. The summed E-state index contributed by atoms with van der Waals surface area (Å²) >= 11 is 0. The van der Waals surface area contributed by atoms with Gasteiger partial charge >= 0.3 is 0 Å². The molecular weight excluding hydrogens is 232 g/mol. The smallest absolute Gasteiger partial charge is 0.111 e. The van der Waals surface area contributed by atoms with E-state index in [-0.39, 0.29) is 0 Å². The van der Waals surface area contributed by atoms with Crippen LogP contribution in [0.4, 0.5) is 11.4 Å². The van der Waals surface area contributed by atoms with Gasteiger partial charge in [-0.1, -0.05) is 36.9 Å². The largest absolute Gasteiger partial charge is 0.299 e. The molecule has 0 bridgehead atoms. The predicted molar refractivity (Wildman–Crippen MR) is 81.9 cm³/mol. The summed E-state index contributed by atoms with van der Waals surface area (Å²) in [4.78, 5) is 6.77. The van der Waals surface area contributed by atoms with Crippen molar-refractivity contribution in [2.24, 2.45) is 4.99 Å². The molecule has 0 saturated carbocycles. The second kappa shape index (κ2) is 4.39. The molecule has 2 aromatic rings. The lowest BCUT2D eigenvalue weighted by Gasteiger charge is -2.31. The van der Waals surface area contributed by atoms with Crippen LogP contribution in [-0.2, 0) is 0 Å². The summed E-state index contributed by atoms with van der Waals surface area (Å²) in [6, 6.07) is 16.5. The van der Waals surface area contributed by atoms with Gasteiger partial charge in [-0.2, -0.15) is 0 Å². The van der Waals surface area contributed by atoms with Crippen molar-refractivity contribution in [2.45, 2.75) is 13.8 Å². The molecule has 0 saturated heterocycles. The van der Waals surface area contributed by atoms with Crippen molar-refractivity contribution >= 4 is 22.9 Å². The van der Waals surface area contributed by atoms with Gasteiger partial charge in [-0.3, -0.25) is 4.90 Å². The number of rotatable bonds is 1. The van der Waals surface area contributed by atoms with Gasteiger partial charge < -0.3 is 0 Å². The van der Waals surface area contributed by atoms with Crippen molar-refractivity contribution < 1.29 is 0 Å². The lowest BCUT2D eigenvalue weighted by Crippen LogP contribution is -2.28. The molecule has 2 aromatic carbocycles. The Balaban J connectivity index is 2.13. The lowest BCUT2D eigenvalue weighted by atomic mass is 10.1. The molecule has 0 N–H and O–H groups in total. The highest BCUT2D eigenvalue weighted by molar-refractivity contribution is 6.11. The van der Waals surface area contributed by atoms with Crippen molar-refractivity contribution in [3.63, 3.8) is 0 Å². The van der Waals surface area contributed by atoms with E-state index < -0.39 is 0 Å². The van der Waals surface area contributed by atoms with E-state index >= 15 is 0 Å². The van der Waals surface area contributed by atoms with Gasteiger partial charge in [0.1, 0.15) is 5.84 Å². The molecule has 0 radical (unpaired) electrons. The van der Waals surface area contributed by atoms with Crippen LogP contribution in [0.1, 0.15) is 18.1 Å². The van der Waals surface area contributed by atoms with E-state index in [0.717, 1.165) is 28.5 Å². The molecule has 0 amide bonds. The summed E-state index contributed by atoms with van der Waals surface area (Å²) in [7, 11) is 0. The first-order valence-electron chi connectivity index (χ1n) is 6.37. The molecule has 1 aliphatic heterocycles. The molecule has 3 rings (SSSR count). The van der Waals surface area contributed by atoms with Crippen molar-refractivity contribution in [3.8, 4) is 0 Å². The molecule has 0 spiro atoms. The molecular formula is C17H16N2. The number of hydrogen-bond acceptors (Lipinski definition) is 2. The maximum absolute atomic E-state index is 4.67. The van der Waals surface area contributed by atoms with Crippen molar-refractivity contribution in [1.82, 2.24) is 0 Å². The Morgan fingerprint density at radius 1 is 1.00 bits per heavy atom. The topological polar surface area (TPSA) is 15.6 Å². The van der Waals surface area contributed by atoms with Crippen LogP contribution in [0.5, 0.6) is 0 Å². The normalized spacial score (nSPS) is 14.1. The van der Waals surface area contributed by atoms with Crippen LogP contribution in [0.25, 0.3) is 5.70 Å².